The van der Waals surface area contributed by atoms with Crippen molar-refractivity contribution >= 4 is 22.6 Å². The van der Waals surface area contributed by atoms with Crippen molar-refractivity contribution in [3.05, 3.63) is 42.2 Å². The van der Waals surface area contributed by atoms with Gasteiger partial charge in [-0.2, -0.15) is 0 Å². The molecule has 4 rings (SSSR count). The van der Waals surface area contributed by atoms with Crippen LogP contribution in [0, 0.1) is 5.41 Å². The second-order valence-electron chi connectivity index (χ2n) is 8.47. The molecule has 0 saturated carbocycles. The lowest BCUT2D eigenvalue weighted by Crippen LogP contribution is -2.36. The van der Waals surface area contributed by atoms with E-state index in [9.17, 15) is 4.79 Å². The summed E-state index contributed by atoms with van der Waals surface area (Å²) in [5.74, 6) is 0.0901. The molecule has 1 saturated heterocycles. The first-order valence-electron chi connectivity index (χ1n) is 9.71. The summed E-state index contributed by atoms with van der Waals surface area (Å²) in [7, 11) is 0. The standard InChI is InChI=1S/C22H26N4O2/c1-22(2,3)12-19(27)17-13-23-21-20(17)25-18(14-24-21)15-5-4-6-16(11-15)26-7-9-28-10-8-26/h4-6,11,13-14H,7-10,12H2,1-3H3,(H,23,24). The third-order valence-electron chi connectivity index (χ3n) is 4.89. The zero-order valence-electron chi connectivity index (χ0n) is 16.7. The number of aromatic nitrogens is 3. The zero-order valence-corrected chi connectivity index (χ0v) is 16.7. The molecule has 0 unspecified atom stereocenters. The van der Waals surface area contributed by atoms with Crippen LogP contribution in [0.15, 0.2) is 36.7 Å². The summed E-state index contributed by atoms with van der Waals surface area (Å²) >= 11 is 0. The molecule has 2 aromatic heterocycles. The number of aromatic amines is 1. The molecule has 28 heavy (non-hydrogen) atoms. The van der Waals surface area contributed by atoms with Crippen molar-refractivity contribution < 1.29 is 9.53 Å². The van der Waals surface area contributed by atoms with E-state index in [4.69, 9.17) is 9.72 Å². The first-order chi connectivity index (χ1) is 13.4. The van der Waals surface area contributed by atoms with Gasteiger partial charge in [-0.05, 0) is 17.5 Å². The van der Waals surface area contributed by atoms with Gasteiger partial charge in [0.15, 0.2) is 11.4 Å². The van der Waals surface area contributed by atoms with E-state index in [1.807, 2.05) is 12.1 Å². The van der Waals surface area contributed by atoms with Gasteiger partial charge in [-0.15, -0.1) is 0 Å². The molecule has 6 heteroatoms. The Balaban J connectivity index is 1.68. The van der Waals surface area contributed by atoms with Gasteiger partial charge in [-0.1, -0.05) is 32.9 Å². The van der Waals surface area contributed by atoms with E-state index in [0.29, 0.717) is 23.1 Å². The third kappa shape index (κ3) is 3.92. The first kappa shape index (κ1) is 18.6. The lowest BCUT2D eigenvalue weighted by molar-refractivity contribution is 0.0941. The average Bonchev–Trinajstić information content (AvgIpc) is 3.11. The molecule has 0 atom stereocenters. The fraction of sp³-hybridized carbons (Fsp3) is 0.409. The molecule has 3 aromatic rings. The minimum absolute atomic E-state index is 0.0712. The van der Waals surface area contributed by atoms with Crippen molar-refractivity contribution in [2.45, 2.75) is 27.2 Å². The highest BCUT2D eigenvalue weighted by Crippen LogP contribution is 2.28. The summed E-state index contributed by atoms with van der Waals surface area (Å²) in [6.07, 6.45) is 3.96. The number of rotatable bonds is 4. The molecular formula is C22H26N4O2. The van der Waals surface area contributed by atoms with Crippen LogP contribution in [-0.4, -0.2) is 47.0 Å². The number of carbonyl (C=O) groups excluding carboxylic acids is 1. The minimum Gasteiger partial charge on any atom is -0.378 e. The van der Waals surface area contributed by atoms with Gasteiger partial charge in [0.2, 0.25) is 0 Å². The molecule has 0 bridgehead atoms. The van der Waals surface area contributed by atoms with Crippen LogP contribution < -0.4 is 4.90 Å². The number of hydrogen-bond donors (Lipinski definition) is 1. The van der Waals surface area contributed by atoms with Crippen molar-refractivity contribution in [3.8, 4) is 11.3 Å². The average molecular weight is 378 g/mol. The maximum atomic E-state index is 12.7. The highest BCUT2D eigenvalue weighted by atomic mass is 16.5. The van der Waals surface area contributed by atoms with E-state index in [1.165, 1.54) is 0 Å². The van der Waals surface area contributed by atoms with Crippen LogP contribution in [0.1, 0.15) is 37.6 Å². The second-order valence-corrected chi connectivity index (χ2v) is 8.47. The summed E-state index contributed by atoms with van der Waals surface area (Å²) in [4.78, 5) is 27.4. The van der Waals surface area contributed by atoms with E-state index in [1.54, 1.807) is 12.4 Å². The van der Waals surface area contributed by atoms with Gasteiger partial charge in [0, 0.05) is 37.0 Å². The number of fused-ring (bicyclic) bond motifs is 1. The van der Waals surface area contributed by atoms with Gasteiger partial charge in [-0.25, -0.2) is 9.97 Å². The minimum atomic E-state index is -0.0712. The summed E-state index contributed by atoms with van der Waals surface area (Å²) in [6, 6.07) is 8.30. The molecule has 0 radical (unpaired) electrons. The Bertz CT molecular complexity index is 997. The maximum Gasteiger partial charge on any atom is 0.167 e. The monoisotopic (exact) mass is 378 g/mol. The van der Waals surface area contributed by atoms with Crippen LogP contribution in [0.4, 0.5) is 5.69 Å². The van der Waals surface area contributed by atoms with Gasteiger partial charge in [0.05, 0.1) is 30.7 Å². The Labute approximate surface area is 164 Å². The normalized spacial score (nSPS) is 15.2. The van der Waals surface area contributed by atoms with Gasteiger partial charge < -0.3 is 14.6 Å². The fourth-order valence-corrected chi connectivity index (χ4v) is 3.50. The van der Waals surface area contributed by atoms with Crippen LogP contribution in [0.3, 0.4) is 0 Å². The molecule has 0 aliphatic carbocycles. The number of Topliss-reactive ketones (excluding diaryl/α,β-unsaturated/α-hetero) is 1. The van der Waals surface area contributed by atoms with Crippen LogP contribution in [0.25, 0.3) is 22.4 Å². The van der Waals surface area contributed by atoms with Gasteiger partial charge in [0.25, 0.3) is 0 Å². The Morgan fingerprint density at radius 3 is 2.79 bits per heavy atom. The summed E-state index contributed by atoms with van der Waals surface area (Å²) in [6.45, 7) is 9.46. The lowest BCUT2D eigenvalue weighted by Gasteiger charge is -2.29. The first-order valence-corrected chi connectivity index (χ1v) is 9.71. The number of anilines is 1. The number of ketones is 1. The molecule has 0 amide bonds. The van der Waals surface area contributed by atoms with Crippen LogP contribution in [0.2, 0.25) is 0 Å². The van der Waals surface area contributed by atoms with Gasteiger partial charge >= 0.3 is 0 Å². The Kier molecular flexibility index (Phi) is 4.89. The quantitative estimate of drug-likeness (QED) is 0.693. The number of morpholine rings is 1. The van der Waals surface area contributed by atoms with Crippen molar-refractivity contribution in [1.82, 2.24) is 15.0 Å². The van der Waals surface area contributed by atoms with Crippen LogP contribution in [-0.2, 0) is 4.74 Å². The smallest absolute Gasteiger partial charge is 0.167 e. The number of carbonyl (C=O) groups is 1. The van der Waals surface area contributed by atoms with Gasteiger partial charge in [0.1, 0.15) is 5.52 Å². The van der Waals surface area contributed by atoms with Crippen molar-refractivity contribution in [2.24, 2.45) is 5.41 Å². The Morgan fingerprint density at radius 1 is 1.25 bits per heavy atom. The fourth-order valence-electron chi connectivity index (χ4n) is 3.50. The van der Waals surface area contributed by atoms with Crippen LogP contribution in [0.5, 0.6) is 0 Å². The molecule has 0 spiro atoms. The zero-order chi connectivity index (χ0) is 19.7. The molecule has 146 valence electrons. The van der Waals surface area contributed by atoms with Crippen LogP contribution >= 0.6 is 0 Å². The predicted octanol–water partition coefficient (Wildman–Crippen LogP) is 4.08. The molecule has 1 fully saturated rings. The maximum absolute atomic E-state index is 12.7. The predicted molar refractivity (Wildman–Crippen MR) is 111 cm³/mol. The SMILES string of the molecule is CC(C)(C)CC(=O)c1c[nH]c2ncc(-c3cccc(N4CCOCC4)c3)nc12. The molecular weight excluding hydrogens is 352 g/mol. The van der Waals surface area contributed by atoms with E-state index in [0.717, 1.165) is 43.2 Å². The second kappa shape index (κ2) is 7.36. The Morgan fingerprint density at radius 2 is 2.04 bits per heavy atom. The van der Waals surface area contributed by atoms with Crippen molar-refractivity contribution in [3.63, 3.8) is 0 Å². The van der Waals surface area contributed by atoms with Crippen molar-refractivity contribution in [2.75, 3.05) is 31.2 Å². The number of hydrogen-bond acceptors (Lipinski definition) is 5. The van der Waals surface area contributed by atoms with E-state index in [2.05, 4.69) is 47.8 Å². The number of benzene rings is 1. The number of H-pyrrole nitrogens is 1. The third-order valence-corrected chi connectivity index (χ3v) is 4.89. The molecule has 1 aliphatic heterocycles. The number of nitrogens with zero attached hydrogens (tertiary/aromatic N) is 3. The number of nitrogens with one attached hydrogen (secondary N) is 1. The topological polar surface area (TPSA) is 71.1 Å². The summed E-state index contributed by atoms with van der Waals surface area (Å²) in [5.41, 5.74) is 4.75. The summed E-state index contributed by atoms with van der Waals surface area (Å²) < 4.78 is 5.45. The molecule has 1 aliphatic rings. The summed E-state index contributed by atoms with van der Waals surface area (Å²) in [5, 5.41) is 0. The van der Waals surface area contributed by atoms with E-state index < -0.39 is 0 Å². The molecule has 3 heterocycles. The largest absolute Gasteiger partial charge is 0.378 e. The lowest BCUT2D eigenvalue weighted by atomic mass is 9.88. The highest BCUT2D eigenvalue weighted by Gasteiger charge is 2.21. The van der Waals surface area contributed by atoms with E-state index in [-0.39, 0.29) is 11.2 Å². The van der Waals surface area contributed by atoms with Crippen molar-refractivity contribution in [1.29, 1.82) is 0 Å². The molecule has 1 N–H and O–H groups in total. The number of ether oxygens (including phenoxy) is 1. The molecule has 6 nitrogen and oxygen atoms in total. The molecule has 1 aromatic carbocycles. The highest BCUT2D eigenvalue weighted by molar-refractivity contribution is 6.06. The van der Waals surface area contributed by atoms with E-state index >= 15 is 0 Å². The Hall–Kier alpha value is -2.73. The van der Waals surface area contributed by atoms with Gasteiger partial charge in [-0.3, -0.25) is 4.79 Å².